The molecule has 1 aromatic carbocycles. The van der Waals surface area contributed by atoms with Crippen molar-refractivity contribution in [2.24, 2.45) is 5.73 Å². The van der Waals surface area contributed by atoms with Gasteiger partial charge in [0, 0.05) is 12.6 Å². The van der Waals surface area contributed by atoms with Crippen LogP contribution in [0.5, 0.6) is 5.75 Å². The molecule has 1 rings (SSSR count). The molecule has 0 aliphatic rings. The van der Waals surface area contributed by atoms with Crippen LogP contribution in [-0.4, -0.2) is 25.9 Å². The minimum atomic E-state index is -0.337. The van der Waals surface area contributed by atoms with Gasteiger partial charge in [0.05, 0.1) is 6.61 Å². The minimum absolute atomic E-state index is 0.0774. The highest BCUT2D eigenvalue weighted by molar-refractivity contribution is 5.29. The van der Waals surface area contributed by atoms with Crippen LogP contribution in [0.25, 0.3) is 0 Å². The number of nitrogens with two attached hydrogens (primary N) is 1. The Balaban J connectivity index is 2.43. The molecule has 4 heteroatoms. The summed E-state index contributed by atoms with van der Waals surface area (Å²) < 4.78 is 24.4. The van der Waals surface area contributed by atoms with E-state index in [1.54, 1.807) is 6.07 Å². The van der Waals surface area contributed by atoms with Crippen molar-refractivity contribution in [3.05, 3.63) is 29.6 Å². The number of benzene rings is 1. The summed E-state index contributed by atoms with van der Waals surface area (Å²) in [6.45, 7) is 5.62. The molecule has 0 radical (unpaired) electrons. The molecular weight excluding hydrogens is 245 g/mol. The van der Waals surface area contributed by atoms with E-state index >= 15 is 0 Å². The van der Waals surface area contributed by atoms with Crippen LogP contribution in [0.15, 0.2) is 18.2 Å². The van der Waals surface area contributed by atoms with Gasteiger partial charge < -0.3 is 15.2 Å². The first-order valence-electron chi connectivity index (χ1n) is 6.91. The second-order valence-electron chi connectivity index (χ2n) is 4.60. The summed E-state index contributed by atoms with van der Waals surface area (Å²) in [7, 11) is 0. The normalized spacial score (nSPS) is 12.4. The van der Waals surface area contributed by atoms with E-state index in [-0.39, 0.29) is 17.6 Å². The van der Waals surface area contributed by atoms with E-state index < -0.39 is 0 Å². The van der Waals surface area contributed by atoms with Crippen molar-refractivity contribution in [2.45, 2.75) is 39.2 Å². The molecular formula is C15H24FNO2. The molecule has 1 unspecified atom stereocenters. The SMILES string of the molecule is CCCOCCOc1ccc(CC(N)CC)cc1F. The summed E-state index contributed by atoms with van der Waals surface area (Å²) in [5, 5.41) is 0. The predicted molar refractivity (Wildman–Crippen MR) is 75.0 cm³/mol. The molecule has 0 aromatic heterocycles. The number of halogens is 1. The molecule has 0 spiro atoms. The highest BCUT2D eigenvalue weighted by Crippen LogP contribution is 2.19. The molecule has 0 heterocycles. The van der Waals surface area contributed by atoms with Crippen LogP contribution in [0.4, 0.5) is 4.39 Å². The maximum atomic E-state index is 13.8. The van der Waals surface area contributed by atoms with Gasteiger partial charge in [0.15, 0.2) is 11.6 Å². The highest BCUT2D eigenvalue weighted by atomic mass is 19.1. The average Bonchev–Trinajstić information content (AvgIpc) is 2.40. The quantitative estimate of drug-likeness (QED) is 0.701. The van der Waals surface area contributed by atoms with Gasteiger partial charge in [0.2, 0.25) is 0 Å². The second kappa shape index (κ2) is 8.88. The van der Waals surface area contributed by atoms with Gasteiger partial charge >= 0.3 is 0 Å². The summed E-state index contributed by atoms with van der Waals surface area (Å²) in [5.41, 5.74) is 6.75. The first-order chi connectivity index (χ1) is 9.17. The fourth-order valence-electron chi connectivity index (χ4n) is 1.69. The van der Waals surface area contributed by atoms with Crippen LogP contribution in [0.3, 0.4) is 0 Å². The monoisotopic (exact) mass is 269 g/mol. The zero-order valence-electron chi connectivity index (χ0n) is 11.8. The third kappa shape index (κ3) is 6.03. The minimum Gasteiger partial charge on any atom is -0.488 e. The number of hydrogen-bond acceptors (Lipinski definition) is 3. The Labute approximate surface area is 114 Å². The molecule has 0 aliphatic heterocycles. The molecule has 1 aromatic rings. The van der Waals surface area contributed by atoms with Crippen LogP contribution < -0.4 is 10.5 Å². The van der Waals surface area contributed by atoms with Crippen molar-refractivity contribution >= 4 is 0 Å². The Morgan fingerprint density at radius 1 is 1.21 bits per heavy atom. The van der Waals surface area contributed by atoms with Gasteiger partial charge in [-0.05, 0) is 37.0 Å². The Hall–Kier alpha value is -1.13. The topological polar surface area (TPSA) is 44.5 Å². The largest absolute Gasteiger partial charge is 0.488 e. The first kappa shape index (κ1) is 15.9. The maximum absolute atomic E-state index is 13.8. The lowest BCUT2D eigenvalue weighted by molar-refractivity contribution is 0.0992. The average molecular weight is 269 g/mol. The Kier molecular flexibility index (Phi) is 7.45. The van der Waals surface area contributed by atoms with Gasteiger partial charge in [-0.25, -0.2) is 4.39 Å². The lowest BCUT2D eigenvalue weighted by Crippen LogP contribution is -2.21. The van der Waals surface area contributed by atoms with Crippen molar-refractivity contribution in [2.75, 3.05) is 19.8 Å². The van der Waals surface area contributed by atoms with Gasteiger partial charge in [-0.3, -0.25) is 0 Å². The maximum Gasteiger partial charge on any atom is 0.165 e. The first-order valence-corrected chi connectivity index (χ1v) is 6.91. The molecule has 108 valence electrons. The van der Waals surface area contributed by atoms with E-state index in [9.17, 15) is 4.39 Å². The molecule has 1 atom stereocenters. The second-order valence-corrected chi connectivity index (χ2v) is 4.60. The van der Waals surface area contributed by atoms with Gasteiger partial charge in [0.25, 0.3) is 0 Å². The van der Waals surface area contributed by atoms with Gasteiger partial charge in [-0.1, -0.05) is 19.9 Å². The standard InChI is InChI=1S/C15H24FNO2/c1-3-7-18-8-9-19-15-6-5-12(11-14(15)16)10-13(17)4-2/h5-6,11,13H,3-4,7-10,17H2,1-2H3. The zero-order valence-corrected chi connectivity index (χ0v) is 11.8. The Bertz CT molecular complexity index is 371. The molecule has 19 heavy (non-hydrogen) atoms. The van der Waals surface area contributed by atoms with Crippen molar-refractivity contribution in [1.29, 1.82) is 0 Å². The van der Waals surface area contributed by atoms with Crippen molar-refractivity contribution in [3.63, 3.8) is 0 Å². The van der Waals surface area contributed by atoms with Crippen molar-refractivity contribution in [3.8, 4) is 5.75 Å². The van der Waals surface area contributed by atoms with Gasteiger partial charge in [-0.2, -0.15) is 0 Å². The smallest absolute Gasteiger partial charge is 0.165 e. The zero-order chi connectivity index (χ0) is 14.1. The van der Waals surface area contributed by atoms with E-state index in [1.807, 2.05) is 19.9 Å². The van der Waals surface area contributed by atoms with Crippen LogP contribution >= 0.6 is 0 Å². The molecule has 0 saturated carbocycles. The molecule has 0 saturated heterocycles. The molecule has 2 N–H and O–H groups in total. The van der Waals surface area contributed by atoms with Crippen LogP contribution in [0.1, 0.15) is 32.3 Å². The van der Waals surface area contributed by atoms with Crippen LogP contribution in [0, 0.1) is 5.82 Å². The van der Waals surface area contributed by atoms with E-state index in [2.05, 4.69) is 0 Å². The number of rotatable bonds is 9. The van der Waals surface area contributed by atoms with Crippen molar-refractivity contribution < 1.29 is 13.9 Å². The molecule has 0 fully saturated rings. The van der Waals surface area contributed by atoms with E-state index in [0.717, 1.165) is 18.4 Å². The van der Waals surface area contributed by atoms with Gasteiger partial charge in [0.1, 0.15) is 6.61 Å². The van der Waals surface area contributed by atoms with Gasteiger partial charge in [-0.15, -0.1) is 0 Å². The fraction of sp³-hybridized carbons (Fsp3) is 0.600. The summed E-state index contributed by atoms with van der Waals surface area (Å²) in [6, 6.07) is 5.10. The third-order valence-corrected chi connectivity index (χ3v) is 2.85. The van der Waals surface area contributed by atoms with Crippen LogP contribution in [-0.2, 0) is 11.2 Å². The van der Waals surface area contributed by atoms with E-state index in [1.165, 1.54) is 6.07 Å². The summed E-state index contributed by atoms with van der Waals surface area (Å²) in [5.74, 6) is -0.0646. The number of hydrogen-bond donors (Lipinski definition) is 1. The summed E-state index contributed by atoms with van der Waals surface area (Å²) in [6.07, 6.45) is 2.54. The summed E-state index contributed by atoms with van der Waals surface area (Å²) in [4.78, 5) is 0. The number of ether oxygens (including phenoxy) is 2. The predicted octanol–water partition coefficient (Wildman–Crippen LogP) is 2.91. The van der Waals surface area contributed by atoms with E-state index in [0.29, 0.717) is 26.2 Å². The van der Waals surface area contributed by atoms with Crippen molar-refractivity contribution in [1.82, 2.24) is 0 Å². The fourth-order valence-corrected chi connectivity index (χ4v) is 1.69. The van der Waals surface area contributed by atoms with E-state index in [4.69, 9.17) is 15.2 Å². The highest BCUT2D eigenvalue weighted by Gasteiger charge is 2.07. The third-order valence-electron chi connectivity index (χ3n) is 2.85. The van der Waals surface area contributed by atoms with Crippen LogP contribution in [0.2, 0.25) is 0 Å². The Morgan fingerprint density at radius 2 is 2.00 bits per heavy atom. The summed E-state index contributed by atoms with van der Waals surface area (Å²) >= 11 is 0. The molecule has 0 amide bonds. The lowest BCUT2D eigenvalue weighted by atomic mass is 10.0. The molecule has 0 aliphatic carbocycles. The Morgan fingerprint density at radius 3 is 2.63 bits per heavy atom. The lowest BCUT2D eigenvalue weighted by Gasteiger charge is -2.11. The molecule has 0 bridgehead atoms. The molecule has 3 nitrogen and oxygen atoms in total.